The predicted molar refractivity (Wildman–Crippen MR) is 72.5 cm³/mol. The van der Waals surface area contributed by atoms with Crippen LogP contribution in [0.25, 0.3) is 0 Å². The van der Waals surface area contributed by atoms with Crippen LogP contribution in [0.2, 0.25) is 0 Å². The lowest BCUT2D eigenvalue weighted by Gasteiger charge is -2.39. The Morgan fingerprint density at radius 3 is 2.61 bits per heavy atom. The molecule has 104 valence electrons. The average molecular weight is 253 g/mol. The van der Waals surface area contributed by atoms with Gasteiger partial charge in [-0.2, -0.15) is 0 Å². The first-order valence-electron chi connectivity index (χ1n) is 7.51. The lowest BCUT2D eigenvalue weighted by molar-refractivity contribution is -0.144. The third-order valence-corrected chi connectivity index (χ3v) is 4.87. The average Bonchev–Trinajstić information content (AvgIpc) is 2.31. The smallest absolute Gasteiger partial charge is 0.307 e. The van der Waals surface area contributed by atoms with Gasteiger partial charge < -0.3 is 10.0 Å². The number of hydrogen-bond acceptors (Lipinski definition) is 2. The molecule has 3 nitrogen and oxygen atoms in total. The van der Waals surface area contributed by atoms with Crippen molar-refractivity contribution in [2.45, 2.75) is 46.0 Å². The minimum absolute atomic E-state index is 0.146. The van der Waals surface area contributed by atoms with E-state index in [9.17, 15) is 9.90 Å². The van der Waals surface area contributed by atoms with E-state index in [-0.39, 0.29) is 5.92 Å². The molecule has 0 aromatic heterocycles. The summed E-state index contributed by atoms with van der Waals surface area (Å²) in [6, 6.07) is 0. The molecule has 2 aliphatic rings. The molecule has 4 unspecified atom stereocenters. The van der Waals surface area contributed by atoms with E-state index >= 15 is 0 Å². The minimum atomic E-state index is -0.608. The number of nitrogens with zero attached hydrogens (tertiary/aromatic N) is 1. The Labute approximate surface area is 111 Å². The summed E-state index contributed by atoms with van der Waals surface area (Å²) < 4.78 is 0. The van der Waals surface area contributed by atoms with E-state index in [0.29, 0.717) is 5.92 Å². The fourth-order valence-corrected chi connectivity index (χ4v) is 3.79. The van der Waals surface area contributed by atoms with Gasteiger partial charge in [0.25, 0.3) is 0 Å². The molecule has 0 aromatic rings. The van der Waals surface area contributed by atoms with E-state index < -0.39 is 5.97 Å². The Hall–Kier alpha value is -0.570. The van der Waals surface area contributed by atoms with Crippen molar-refractivity contribution in [1.29, 1.82) is 0 Å². The summed E-state index contributed by atoms with van der Waals surface area (Å²) in [5.74, 6) is 1.38. The molecule has 1 saturated heterocycles. The quantitative estimate of drug-likeness (QED) is 0.841. The maximum atomic E-state index is 11.2. The monoisotopic (exact) mass is 253 g/mol. The van der Waals surface area contributed by atoms with Gasteiger partial charge in [-0.1, -0.05) is 33.1 Å². The van der Waals surface area contributed by atoms with Crippen LogP contribution in [-0.4, -0.2) is 35.6 Å². The summed E-state index contributed by atoms with van der Waals surface area (Å²) in [6.45, 7) is 7.53. The van der Waals surface area contributed by atoms with E-state index in [0.717, 1.165) is 37.9 Å². The van der Waals surface area contributed by atoms with Crippen molar-refractivity contribution in [3.05, 3.63) is 0 Å². The Bertz CT molecular complexity index is 292. The second kappa shape index (κ2) is 6.05. The lowest BCUT2D eigenvalue weighted by atomic mass is 9.79. The molecule has 1 saturated carbocycles. The lowest BCUT2D eigenvalue weighted by Crippen LogP contribution is -2.45. The third-order valence-electron chi connectivity index (χ3n) is 4.87. The molecule has 0 aromatic carbocycles. The van der Waals surface area contributed by atoms with Gasteiger partial charge >= 0.3 is 5.97 Å². The highest BCUT2D eigenvalue weighted by Gasteiger charge is 2.31. The molecule has 2 fully saturated rings. The summed E-state index contributed by atoms with van der Waals surface area (Å²) in [4.78, 5) is 13.6. The number of rotatable bonds is 3. The van der Waals surface area contributed by atoms with Gasteiger partial charge in [0.15, 0.2) is 0 Å². The van der Waals surface area contributed by atoms with E-state index in [1.165, 1.54) is 25.7 Å². The molecule has 1 N–H and O–H groups in total. The molecule has 4 atom stereocenters. The minimum Gasteiger partial charge on any atom is -0.481 e. The Balaban J connectivity index is 1.89. The molecular formula is C15H27NO2. The summed E-state index contributed by atoms with van der Waals surface area (Å²) in [6.07, 6.45) is 6.29. The molecule has 1 aliphatic heterocycles. The van der Waals surface area contributed by atoms with Crippen LogP contribution in [-0.2, 0) is 4.79 Å². The van der Waals surface area contributed by atoms with Crippen molar-refractivity contribution in [1.82, 2.24) is 4.90 Å². The molecule has 0 radical (unpaired) electrons. The zero-order valence-electron chi connectivity index (χ0n) is 11.8. The fourth-order valence-electron chi connectivity index (χ4n) is 3.79. The molecule has 0 bridgehead atoms. The SMILES string of the molecule is CC1CC(C(=O)O)CN(CC2CCCCC2C)C1. The second-order valence-corrected chi connectivity index (χ2v) is 6.62. The Morgan fingerprint density at radius 1 is 1.22 bits per heavy atom. The first-order valence-corrected chi connectivity index (χ1v) is 7.51. The number of likely N-dealkylation sites (tertiary alicyclic amines) is 1. The molecule has 1 aliphatic carbocycles. The van der Waals surface area contributed by atoms with Crippen molar-refractivity contribution in [2.24, 2.45) is 23.7 Å². The van der Waals surface area contributed by atoms with Gasteiger partial charge in [0.05, 0.1) is 5.92 Å². The highest BCUT2D eigenvalue weighted by molar-refractivity contribution is 5.70. The van der Waals surface area contributed by atoms with Crippen LogP contribution in [0.5, 0.6) is 0 Å². The van der Waals surface area contributed by atoms with Gasteiger partial charge in [0, 0.05) is 19.6 Å². The van der Waals surface area contributed by atoms with Gasteiger partial charge in [-0.05, 0) is 30.6 Å². The summed E-state index contributed by atoms with van der Waals surface area (Å²) in [7, 11) is 0. The van der Waals surface area contributed by atoms with Crippen molar-refractivity contribution >= 4 is 5.97 Å². The molecule has 18 heavy (non-hydrogen) atoms. The molecule has 1 heterocycles. The van der Waals surface area contributed by atoms with Gasteiger partial charge in [-0.25, -0.2) is 0 Å². The number of piperidine rings is 1. The highest BCUT2D eigenvalue weighted by Crippen LogP contribution is 2.32. The second-order valence-electron chi connectivity index (χ2n) is 6.62. The van der Waals surface area contributed by atoms with E-state index in [2.05, 4.69) is 18.7 Å². The number of carbonyl (C=O) groups is 1. The van der Waals surface area contributed by atoms with Gasteiger partial charge in [0.1, 0.15) is 0 Å². The van der Waals surface area contributed by atoms with E-state index in [4.69, 9.17) is 0 Å². The Kier molecular flexibility index (Phi) is 4.66. The van der Waals surface area contributed by atoms with Crippen LogP contribution >= 0.6 is 0 Å². The number of hydrogen-bond donors (Lipinski definition) is 1. The largest absolute Gasteiger partial charge is 0.481 e. The van der Waals surface area contributed by atoms with Crippen LogP contribution in [0.1, 0.15) is 46.0 Å². The van der Waals surface area contributed by atoms with Crippen LogP contribution in [0.3, 0.4) is 0 Å². The third kappa shape index (κ3) is 3.47. The van der Waals surface area contributed by atoms with Crippen molar-refractivity contribution in [3.8, 4) is 0 Å². The van der Waals surface area contributed by atoms with Gasteiger partial charge in [0.2, 0.25) is 0 Å². The van der Waals surface area contributed by atoms with Crippen LogP contribution in [0, 0.1) is 23.7 Å². The zero-order valence-corrected chi connectivity index (χ0v) is 11.8. The number of carboxylic acid groups (broad SMARTS) is 1. The van der Waals surface area contributed by atoms with Crippen molar-refractivity contribution in [2.75, 3.05) is 19.6 Å². The predicted octanol–water partition coefficient (Wildman–Crippen LogP) is 2.86. The molecule has 0 spiro atoms. The van der Waals surface area contributed by atoms with Crippen LogP contribution in [0.15, 0.2) is 0 Å². The van der Waals surface area contributed by atoms with E-state index in [1.54, 1.807) is 0 Å². The van der Waals surface area contributed by atoms with Crippen LogP contribution in [0.4, 0.5) is 0 Å². The highest BCUT2D eigenvalue weighted by atomic mass is 16.4. The maximum absolute atomic E-state index is 11.2. The molecule has 2 rings (SSSR count). The fraction of sp³-hybridized carbons (Fsp3) is 0.933. The standard InChI is InChI=1S/C15H27NO2/c1-11-7-14(15(17)18)10-16(8-11)9-13-6-4-3-5-12(13)2/h11-14H,3-10H2,1-2H3,(H,17,18). The van der Waals surface area contributed by atoms with Crippen LogP contribution < -0.4 is 0 Å². The molecular weight excluding hydrogens is 226 g/mol. The molecule has 0 amide bonds. The zero-order chi connectivity index (χ0) is 13.1. The topological polar surface area (TPSA) is 40.5 Å². The summed E-state index contributed by atoms with van der Waals surface area (Å²) in [5.41, 5.74) is 0. The first kappa shape index (κ1) is 13.9. The number of carboxylic acids is 1. The van der Waals surface area contributed by atoms with E-state index in [1.807, 2.05) is 0 Å². The maximum Gasteiger partial charge on any atom is 0.307 e. The molecule has 3 heteroatoms. The van der Waals surface area contributed by atoms with Crippen molar-refractivity contribution < 1.29 is 9.90 Å². The first-order chi connectivity index (χ1) is 8.56. The summed E-state index contributed by atoms with van der Waals surface area (Å²) >= 11 is 0. The summed E-state index contributed by atoms with van der Waals surface area (Å²) in [5, 5.41) is 9.20. The van der Waals surface area contributed by atoms with Crippen molar-refractivity contribution in [3.63, 3.8) is 0 Å². The normalized spacial score (nSPS) is 38.6. The van der Waals surface area contributed by atoms with Gasteiger partial charge in [-0.15, -0.1) is 0 Å². The van der Waals surface area contributed by atoms with Gasteiger partial charge in [-0.3, -0.25) is 4.79 Å². The Morgan fingerprint density at radius 2 is 1.94 bits per heavy atom. The number of aliphatic carboxylic acids is 1.